The molecular weight excluding hydrogens is 234 g/mol. The first-order valence-corrected chi connectivity index (χ1v) is 2.67. The van der Waals surface area contributed by atoms with Gasteiger partial charge in [0.05, 0.1) is 0 Å². The van der Waals surface area contributed by atoms with Crippen LogP contribution in [0.5, 0.6) is 0 Å². The Labute approximate surface area is 80.7 Å². The van der Waals surface area contributed by atoms with Crippen molar-refractivity contribution in [2.24, 2.45) is 0 Å². The van der Waals surface area contributed by atoms with E-state index in [4.69, 9.17) is 0 Å². The van der Waals surface area contributed by atoms with Crippen molar-refractivity contribution in [1.82, 2.24) is 15.4 Å². The smallest absolute Gasteiger partial charge is 0 e. The van der Waals surface area contributed by atoms with E-state index < -0.39 is 0 Å². The van der Waals surface area contributed by atoms with Gasteiger partial charge in [-0.1, -0.05) is 24.3 Å². The number of fused-ring (bicyclic) bond motifs is 1. The molecule has 1 aromatic heterocycles. The summed E-state index contributed by atoms with van der Waals surface area (Å²) in [4.78, 5) is 0. The van der Waals surface area contributed by atoms with Crippen molar-refractivity contribution in [3.05, 3.63) is 31.7 Å². The molecule has 0 bridgehead atoms. The van der Waals surface area contributed by atoms with Crippen LogP contribution in [0.3, 0.4) is 0 Å². The average Bonchev–Trinajstić information content (AvgIpc) is 2.33. The van der Waals surface area contributed by atoms with E-state index in [1.165, 1.54) is 0 Å². The Hall–Kier alpha value is -0.640. The molecule has 0 fully saturated rings. The van der Waals surface area contributed by atoms with Crippen LogP contribution in [0.4, 0.5) is 0 Å². The van der Waals surface area contributed by atoms with E-state index >= 15 is 0 Å². The second-order valence-corrected chi connectivity index (χ2v) is 1.78. The van der Waals surface area contributed by atoms with E-state index in [-0.39, 0.29) is 29.8 Å². The number of rotatable bonds is 0. The molecule has 0 atom stereocenters. The maximum Gasteiger partial charge on any atom is 0 e. The topological polar surface area (TPSA) is 39.9 Å². The number of hydrogen-bond acceptors (Lipinski definition) is 2. The van der Waals surface area contributed by atoms with Gasteiger partial charge in [0.1, 0.15) is 0 Å². The average molecular weight is 241 g/mol. The first-order chi connectivity index (χ1) is 4.47. The molecule has 0 aliphatic carbocycles. The van der Waals surface area contributed by atoms with Crippen molar-refractivity contribution in [2.75, 3.05) is 0 Å². The van der Waals surface area contributed by atoms with Gasteiger partial charge >= 0.3 is 0 Å². The Morgan fingerprint density at radius 2 is 1.91 bits per heavy atom. The Morgan fingerprint density at radius 1 is 1.18 bits per heavy atom. The van der Waals surface area contributed by atoms with E-state index in [1.54, 1.807) is 0 Å². The Balaban J connectivity index is 0.000000500. The molecule has 1 aromatic carbocycles. The van der Waals surface area contributed by atoms with Crippen molar-refractivity contribution in [3.8, 4) is 0 Å². The molecule has 0 aliphatic heterocycles. The van der Waals surface area contributed by atoms with E-state index in [0.717, 1.165) is 11.0 Å². The van der Waals surface area contributed by atoms with Crippen LogP contribution < -0.4 is 5.10 Å². The molecule has 0 amide bonds. The Kier molecular flexibility index (Phi) is 4.03. The van der Waals surface area contributed by atoms with Gasteiger partial charge < -0.3 is 17.6 Å². The summed E-state index contributed by atoms with van der Waals surface area (Å²) in [5, 5.41) is 11.0. The van der Waals surface area contributed by atoms with Crippen LogP contribution in [-0.4, -0.2) is 10.3 Å². The van der Waals surface area contributed by atoms with Crippen LogP contribution in [0, 0.1) is 7.43 Å². The molecule has 2 rings (SSSR count). The molecule has 0 spiro atoms. The van der Waals surface area contributed by atoms with Gasteiger partial charge in [0.15, 0.2) is 0 Å². The molecule has 2 aromatic rings. The fraction of sp³-hybridized carbons (Fsp3) is 0. The molecule has 0 saturated heterocycles. The fourth-order valence-corrected chi connectivity index (χ4v) is 0.752. The molecule has 3 nitrogen and oxygen atoms in total. The first-order valence-electron chi connectivity index (χ1n) is 2.67. The minimum Gasteiger partial charge on any atom is -0.358 e. The van der Waals surface area contributed by atoms with Gasteiger partial charge in [-0.05, 0) is 11.0 Å². The Bertz CT molecular complexity index is 288. The largest absolute Gasteiger partial charge is 0.358 e. The monoisotopic (exact) mass is 240 g/mol. The van der Waals surface area contributed by atoms with Gasteiger partial charge in [0, 0.05) is 22.4 Å². The van der Waals surface area contributed by atoms with Crippen molar-refractivity contribution in [3.63, 3.8) is 0 Å². The third-order valence-electron chi connectivity index (χ3n) is 1.19. The molecule has 0 N–H and O–H groups in total. The van der Waals surface area contributed by atoms with Gasteiger partial charge in [-0.3, -0.25) is 5.21 Å². The summed E-state index contributed by atoms with van der Waals surface area (Å²) in [7, 11) is 0. The molecule has 0 aliphatic rings. The van der Waals surface area contributed by atoms with Crippen LogP contribution in [0.1, 0.15) is 0 Å². The standard InChI is InChI=1S/C6H4N3.CH3.Ag/c1-2-4-6-5(3-1)7-9-8-6;;/h1-4H;1H3;/q2*-1;. The van der Waals surface area contributed by atoms with Crippen molar-refractivity contribution in [1.29, 1.82) is 0 Å². The normalized spacial score (nSPS) is 8.36. The minimum absolute atomic E-state index is 0. The summed E-state index contributed by atoms with van der Waals surface area (Å²) in [6.07, 6.45) is 0. The molecule has 1 heterocycles. The number of nitrogens with zero attached hydrogens (tertiary/aromatic N) is 3. The van der Waals surface area contributed by atoms with Crippen molar-refractivity contribution >= 4 is 11.0 Å². The number of hydrogen-bond donors (Lipinski definition) is 0. The first kappa shape index (κ1) is 10.4. The summed E-state index contributed by atoms with van der Waals surface area (Å²) in [5.74, 6) is 0. The van der Waals surface area contributed by atoms with E-state index in [0.29, 0.717) is 0 Å². The molecule has 4 heteroatoms. The summed E-state index contributed by atoms with van der Waals surface area (Å²) >= 11 is 0. The third-order valence-corrected chi connectivity index (χ3v) is 1.19. The quantitative estimate of drug-likeness (QED) is 0.511. The van der Waals surface area contributed by atoms with E-state index in [2.05, 4.69) is 15.4 Å². The Morgan fingerprint density at radius 3 is 2.64 bits per heavy atom. The van der Waals surface area contributed by atoms with Gasteiger partial charge in [0.25, 0.3) is 0 Å². The van der Waals surface area contributed by atoms with Crippen LogP contribution in [0.25, 0.3) is 11.0 Å². The second kappa shape index (κ2) is 4.28. The summed E-state index contributed by atoms with van der Waals surface area (Å²) < 4.78 is 0. The zero-order chi connectivity index (χ0) is 6.10. The molecule has 11 heavy (non-hydrogen) atoms. The minimum atomic E-state index is 0. The zero-order valence-electron chi connectivity index (χ0n) is 5.95. The number of aromatic nitrogens is 3. The third kappa shape index (κ3) is 1.89. The number of benzene rings is 1. The predicted octanol–water partition coefficient (Wildman–Crippen LogP) is 1.03. The summed E-state index contributed by atoms with van der Waals surface area (Å²) in [5.41, 5.74) is 1.72. The maximum atomic E-state index is 3.76. The van der Waals surface area contributed by atoms with Gasteiger partial charge in [-0.25, -0.2) is 0 Å². The van der Waals surface area contributed by atoms with Gasteiger partial charge in [-0.15, -0.1) is 0 Å². The van der Waals surface area contributed by atoms with Gasteiger partial charge in [0.2, 0.25) is 0 Å². The zero-order valence-corrected chi connectivity index (χ0v) is 7.43. The molecule has 63 valence electrons. The van der Waals surface area contributed by atoms with Crippen molar-refractivity contribution < 1.29 is 22.4 Å². The predicted molar refractivity (Wildman–Crippen MR) is 39.3 cm³/mol. The van der Waals surface area contributed by atoms with Gasteiger partial charge in [-0.2, -0.15) is 0 Å². The van der Waals surface area contributed by atoms with E-state index in [9.17, 15) is 0 Å². The molecule has 0 saturated carbocycles. The SMILES string of the molecule is [Ag].[CH3-].c1ccc2[n-]nnc2c1. The van der Waals surface area contributed by atoms with Crippen LogP contribution in [0.15, 0.2) is 24.3 Å². The van der Waals surface area contributed by atoms with E-state index in [1.807, 2.05) is 24.3 Å². The maximum absolute atomic E-state index is 3.76. The van der Waals surface area contributed by atoms with Crippen molar-refractivity contribution in [2.45, 2.75) is 0 Å². The van der Waals surface area contributed by atoms with Crippen LogP contribution >= 0.6 is 0 Å². The van der Waals surface area contributed by atoms with Crippen LogP contribution in [-0.2, 0) is 22.4 Å². The molecule has 0 unspecified atom stereocenters. The molecular formula is C7H7AgN3-2. The second-order valence-electron chi connectivity index (χ2n) is 1.78. The summed E-state index contributed by atoms with van der Waals surface area (Å²) in [6.45, 7) is 0. The summed E-state index contributed by atoms with van der Waals surface area (Å²) in [6, 6.07) is 7.60. The van der Waals surface area contributed by atoms with Crippen LogP contribution in [0.2, 0.25) is 0 Å². The fourth-order valence-electron chi connectivity index (χ4n) is 0.752. The molecule has 1 radical (unpaired) electrons.